The Labute approximate surface area is 107 Å². The molecule has 1 amide bonds. The van der Waals surface area contributed by atoms with Gasteiger partial charge < -0.3 is 5.11 Å². The Kier molecular flexibility index (Phi) is 4.34. The zero-order chi connectivity index (χ0) is 12.8. The summed E-state index contributed by atoms with van der Waals surface area (Å²) in [5.74, 6) is 0.278. The molecule has 4 nitrogen and oxygen atoms in total. The fraction of sp³-hybridized carbons (Fsp3) is 0.429. The number of hydrogen-bond acceptors (Lipinski definition) is 3. The number of nitrogens with one attached hydrogen (secondary N) is 1. The quantitative estimate of drug-likeness (QED) is 0.636. The van der Waals surface area contributed by atoms with Crippen molar-refractivity contribution in [2.75, 3.05) is 0 Å². The molecule has 2 rings (SSSR count). The van der Waals surface area contributed by atoms with E-state index in [1.807, 2.05) is 6.21 Å². The smallest absolute Gasteiger partial charge is 0.271 e. The molecule has 0 bridgehead atoms. The van der Waals surface area contributed by atoms with Crippen LogP contribution in [0, 0.1) is 5.92 Å². The molecular weight excluding hydrogens is 228 g/mol. The van der Waals surface area contributed by atoms with Crippen molar-refractivity contribution in [3.63, 3.8) is 0 Å². The zero-order valence-corrected chi connectivity index (χ0v) is 10.3. The summed E-state index contributed by atoms with van der Waals surface area (Å²) in [6, 6.07) is 6.23. The Balaban J connectivity index is 1.86. The highest BCUT2D eigenvalue weighted by molar-refractivity contribution is 5.94. The van der Waals surface area contributed by atoms with Crippen LogP contribution in [0.5, 0.6) is 5.75 Å². The van der Waals surface area contributed by atoms with Gasteiger partial charge in [0.25, 0.3) is 5.91 Å². The SMILES string of the molecule is O=C(N/N=C\C1CCCCC1)c1cccc(O)c1. The minimum absolute atomic E-state index is 0.0823. The van der Waals surface area contributed by atoms with Crippen molar-refractivity contribution in [2.24, 2.45) is 11.0 Å². The van der Waals surface area contributed by atoms with Crippen LogP contribution in [0.25, 0.3) is 0 Å². The first-order valence-corrected chi connectivity index (χ1v) is 6.38. The summed E-state index contributed by atoms with van der Waals surface area (Å²) in [5, 5.41) is 13.3. The molecular formula is C14H18N2O2. The second kappa shape index (κ2) is 6.19. The van der Waals surface area contributed by atoms with Crippen LogP contribution in [0.3, 0.4) is 0 Å². The molecule has 0 heterocycles. The van der Waals surface area contributed by atoms with Gasteiger partial charge in [0.15, 0.2) is 0 Å². The van der Waals surface area contributed by atoms with Crippen molar-refractivity contribution >= 4 is 12.1 Å². The summed E-state index contributed by atoms with van der Waals surface area (Å²) in [4.78, 5) is 11.7. The maximum Gasteiger partial charge on any atom is 0.271 e. The number of phenolic OH excluding ortho intramolecular Hbond substituents is 1. The van der Waals surface area contributed by atoms with E-state index in [9.17, 15) is 9.90 Å². The van der Waals surface area contributed by atoms with Gasteiger partial charge in [-0.25, -0.2) is 5.43 Å². The van der Waals surface area contributed by atoms with Gasteiger partial charge >= 0.3 is 0 Å². The van der Waals surface area contributed by atoms with Crippen LogP contribution in [0.15, 0.2) is 29.4 Å². The van der Waals surface area contributed by atoms with Gasteiger partial charge in [-0.05, 0) is 37.0 Å². The highest BCUT2D eigenvalue weighted by Crippen LogP contribution is 2.21. The van der Waals surface area contributed by atoms with Gasteiger partial charge in [-0.15, -0.1) is 0 Å². The largest absolute Gasteiger partial charge is 0.508 e. The lowest BCUT2D eigenvalue weighted by molar-refractivity contribution is 0.0954. The Morgan fingerprint density at radius 1 is 1.33 bits per heavy atom. The molecule has 96 valence electrons. The van der Waals surface area contributed by atoms with E-state index in [4.69, 9.17) is 0 Å². The number of hydrogen-bond donors (Lipinski definition) is 2. The number of phenols is 1. The van der Waals surface area contributed by atoms with E-state index in [0.29, 0.717) is 11.5 Å². The van der Waals surface area contributed by atoms with E-state index in [-0.39, 0.29) is 11.7 Å². The van der Waals surface area contributed by atoms with E-state index in [2.05, 4.69) is 10.5 Å². The molecule has 0 spiro atoms. The van der Waals surface area contributed by atoms with Crippen LogP contribution in [0.4, 0.5) is 0 Å². The van der Waals surface area contributed by atoms with Gasteiger partial charge in [0.1, 0.15) is 5.75 Å². The number of hydrazone groups is 1. The summed E-state index contributed by atoms with van der Waals surface area (Å²) < 4.78 is 0. The Morgan fingerprint density at radius 3 is 2.83 bits per heavy atom. The predicted octanol–water partition coefficient (Wildman–Crippen LogP) is 2.69. The van der Waals surface area contributed by atoms with Crippen LogP contribution < -0.4 is 5.43 Å². The summed E-state index contributed by atoms with van der Waals surface area (Å²) in [7, 11) is 0. The minimum atomic E-state index is -0.294. The summed E-state index contributed by atoms with van der Waals surface area (Å²) in [5.41, 5.74) is 2.91. The molecule has 1 saturated carbocycles. The highest BCUT2D eigenvalue weighted by Gasteiger charge is 2.11. The van der Waals surface area contributed by atoms with E-state index in [1.165, 1.54) is 31.4 Å². The molecule has 0 radical (unpaired) electrons. The lowest BCUT2D eigenvalue weighted by Gasteiger charge is -2.16. The molecule has 0 atom stereocenters. The van der Waals surface area contributed by atoms with Gasteiger partial charge in [-0.1, -0.05) is 25.3 Å². The van der Waals surface area contributed by atoms with Gasteiger partial charge in [-0.2, -0.15) is 5.10 Å². The molecule has 1 aliphatic carbocycles. The fourth-order valence-electron chi connectivity index (χ4n) is 2.20. The molecule has 0 saturated heterocycles. The Bertz CT molecular complexity index is 437. The monoisotopic (exact) mass is 246 g/mol. The molecule has 1 fully saturated rings. The van der Waals surface area contributed by atoms with Crippen molar-refractivity contribution in [2.45, 2.75) is 32.1 Å². The van der Waals surface area contributed by atoms with E-state index >= 15 is 0 Å². The molecule has 0 aliphatic heterocycles. The number of benzene rings is 1. The summed E-state index contributed by atoms with van der Waals surface area (Å²) >= 11 is 0. The molecule has 4 heteroatoms. The first kappa shape index (κ1) is 12.6. The third kappa shape index (κ3) is 3.58. The third-order valence-corrected chi connectivity index (χ3v) is 3.21. The van der Waals surface area contributed by atoms with Crippen LogP contribution in [-0.4, -0.2) is 17.2 Å². The minimum Gasteiger partial charge on any atom is -0.508 e. The van der Waals surface area contributed by atoms with Crippen LogP contribution >= 0.6 is 0 Å². The maximum atomic E-state index is 11.7. The van der Waals surface area contributed by atoms with Gasteiger partial charge in [-0.3, -0.25) is 4.79 Å². The number of aromatic hydroxyl groups is 1. The zero-order valence-electron chi connectivity index (χ0n) is 10.3. The second-order valence-electron chi connectivity index (χ2n) is 4.67. The average Bonchev–Trinajstić information content (AvgIpc) is 2.40. The molecule has 1 aromatic carbocycles. The maximum absolute atomic E-state index is 11.7. The summed E-state index contributed by atoms with van der Waals surface area (Å²) in [6.07, 6.45) is 7.95. The number of amides is 1. The Hall–Kier alpha value is -1.84. The molecule has 1 aliphatic rings. The van der Waals surface area contributed by atoms with E-state index < -0.39 is 0 Å². The van der Waals surface area contributed by atoms with Gasteiger partial charge in [0.05, 0.1) is 0 Å². The van der Waals surface area contributed by atoms with E-state index in [0.717, 1.165) is 12.8 Å². The third-order valence-electron chi connectivity index (χ3n) is 3.21. The lowest BCUT2D eigenvalue weighted by atomic mass is 9.90. The number of carbonyl (C=O) groups excluding carboxylic acids is 1. The van der Waals surface area contributed by atoms with Crippen molar-refractivity contribution in [3.05, 3.63) is 29.8 Å². The first-order chi connectivity index (χ1) is 8.75. The molecule has 0 aromatic heterocycles. The highest BCUT2D eigenvalue weighted by atomic mass is 16.3. The molecule has 0 unspecified atom stereocenters. The van der Waals surface area contributed by atoms with Crippen molar-refractivity contribution in [3.8, 4) is 5.75 Å². The van der Waals surface area contributed by atoms with Crippen LogP contribution in [-0.2, 0) is 0 Å². The van der Waals surface area contributed by atoms with Crippen molar-refractivity contribution < 1.29 is 9.90 Å². The molecule has 2 N–H and O–H groups in total. The summed E-state index contributed by atoms with van der Waals surface area (Å²) in [6.45, 7) is 0. The van der Waals surface area contributed by atoms with E-state index in [1.54, 1.807) is 12.1 Å². The Morgan fingerprint density at radius 2 is 2.11 bits per heavy atom. The molecule has 1 aromatic rings. The van der Waals surface area contributed by atoms with Gasteiger partial charge in [0.2, 0.25) is 0 Å². The average molecular weight is 246 g/mol. The van der Waals surface area contributed by atoms with Gasteiger partial charge in [0, 0.05) is 11.8 Å². The second-order valence-corrected chi connectivity index (χ2v) is 4.67. The predicted molar refractivity (Wildman–Crippen MR) is 70.6 cm³/mol. The normalized spacial score (nSPS) is 16.9. The fourth-order valence-corrected chi connectivity index (χ4v) is 2.20. The van der Waals surface area contributed by atoms with Crippen LogP contribution in [0.1, 0.15) is 42.5 Å². The number of rotatable bonds is 3. The number of carbonyl (C=O) groups is 1. The topological polar surface area (TPSA) is 61.7 Å². The standard InChI is InChI=1S/C14H18N2O2/c17-13-8-4-7-12(9-13)14(18)16-15-10-11-5-2-1-3-6-11/h4,7-11,17H,1-3,5-6H2,(H,16,18)/b15-10-. The van der Waals surface area contributed by atoms with Crippen molar-refractivity contribution in [1.82, 2.24) is 5.43 Å². The van der Waals surface area contributed by atoms with Crippen molar-refractivity contribution in [1.29, 1.82) is 0 Å². The lowest BCUT2D eigenvalue weighted by Crippen LogP contribution is -2.19. The molecule has 18 heavy (non-hydrogen) atoms. The number of nitrogens with zero attached hydrogens (tertiary/aromatic N) is 1. The van der Waals surface area contributed by atoms with Crippen LogP contribution in [0.2, 0.25) is 0 Å². The first-order valence-electron chi connectivity index (χ1n) is 6.38.